The molecule has 0 saturated heterocycles. The fourth-order valence-corrected chi connectivity index (χ4v) is 4.54. The van der Waals surface area contributed by atoms with Crippen LogP contribution in [0.3, 0.4) is 0 Å². The highest BCUT2D eigenvalue weighted by molar-refractivity contribution is 5.96. The van der Waals surface area contributed by atoms with Crippen LogP contribution >= 0.6 is 0 Å². The first kappa shape index (κ1) is 31.0. The molecule has 0 aliphatic rings. The molecule has 41 heavy (non-hydrogen) atoms. The molecule has 4 aromatic carbocycles. The van der Waals surface area contributed by atoms with Crippen molar-refractivity contribution in [3.63, 3.8) is 0 Å². The van der Waals surface area contributed by atoms with Crippen LogP contribution in [0.5, 0.6) is 0 Å². The van der Waals surface area contributed by atoms with Gasteiger partial charge in [0.2, 0.25) is 0 Å². The highest BCUT2D eigenvalue weighted by atomic mass is 16.4. The van der Waals surface area contributed by atoms with E-state index in [9.17, 15) is 4.79 Å². The number of nitrogen functional groups attached to an aromatic ring is 1. The van der Waals surface area contributed by atoms with E-state index < -0.39 is 5.97 Å². The molecule has 0 heterocycles. The molecule has 1 atom stereocenters. The summed E-state index contributed by atoms with van der Waals surface area (Å²) in [5.74, 6) is -0.889. The number of aryl methyl sites for hydroxylation is 2. The number of nitrogens with two attached hydrogens (primary N) is 1. The molecule has 0 bridgehead atoms. The molecule has 4 heteroatoms. The molecule has 0 fully saturated rings. The third-order valence-electron chi connectivity index (χ3n) is 7.40. The molecular formula is C37H42N2O2. The first-order valence-corrected chi connectivity index (χ1v) is 14.0. The second kappa shape index (κ2) is 14.2. The molecule has 4 aromatic rings. The molecule has 4 rings (SSSR count). The van der Waals surface area contributed by atoms with Gasteiger partial charge in [-0.25, -0.2) is 4.79 Å². The van der Waals surface area contributed by atoms with Gasteiger partial charge in [0.05, 0.1) is 5.56 Å². The minimum absolute atomic E-state index is 0.174. The minimum atomic E-state index is -0.889. The number of carboxylic acids is 1. The summed E-state index contributed by atoms with van der Waals surface area (Å²) >= 11 is 0. The molecule has 0 radical (unpaired) electrons. The van der Waals surface area contributed by atoms with E-state index in [4.69, 9.17) is 10.8 Å². The summed E-state index contributed by atoms with van der Waals surface area (Å²) in [5, 5.41) is 12.6. The van der Waals surface area contributed by atoms with Gasteiger partial charge in [-0.1, -0.05) is 85.8 Å². The van der Waals surface area contributed by atoms with Gasteiger partial charge in [-0.3, -0.25) is 0 Å². The van der Waals surface area contributed by atoms with Gasteiger partial charge >= 0.3 is 5.97 Å². The van der Waals surface area contributed by atoms with Crippen molar-refractivity contribution in [2.75, 3.05) is 5.73 Å². The van der Waals surface area contributed by atoms with Crippen LogP contribution in [0.25, 0.3) is 22.4 Å². The Balaban J connectivity index is 0.000000239. The van der Waals surface area contributed by atoms with Crippen molar-refractivity contribution in [1.29, 1.82) is 0 Å². The molecule has 0 aliphatic carbocycles. The number of benzene rings is 4. The van der Waals surface area contributed by atoms with Crippen LogP contribution in [-0.4, -0.2) is 11.1 Å². The standard InChI is InChI=1S/C22H28N2.C15H14O2/c1-14(2)16(4)22-13-20(8-7-15(22)3)18(6)24-17(5)19-9-11-21(23)12-10-19;1-2-11-7-9-12(10-8-11)13-5-3-4-6-14(13)15(16)17/h7-13,17,24H,6,23H2,1-5H3;3-10H,2H2,1H3,(H,16,17)/t17-;/m0./s1. The lowest BCUT2D eigenvalue weighted by molar-refractivity contribution is 0.0697. The van der Waals surface area contributed by atoms with Crippen molar-refractivity contribution < 1.29 is 9.90 Å². The Kier molecular flexibility index (Phi) is 10.7. The van der Waals surface area contributed by atoms with Crippen molar-refractivity contribution in [3.8, 4) is 11.1 Å². The Hall–Kier alpha value is -4.57. The monoisotopic (exact) mass is 546 g/mol. The zero-order valence-electron chi connectivity index (χ0n) is 25.1. The lowest BCUT2D eigenvalue weighted by Gasteiger charge is -2.19. The molecule has 0 spiro atoms. The maximum atomic E-state index is 11.1. The second-order valence-electron chi connectivity index (χ2n) is 10.6. The van der Waals surface area contributed by atoms with E-state index in [2.05, 4.69) is 71.6 Å². The van der Waals surface area contributed by atoms with Crippen LogP contribution in [0.4, 0.5) is 5.69 Å². The number of hydrogen-bond acceptors (Lipinski definition) is 3. The fourth-order valence-electron chi connectivity index (χ4n) is 4.54. The van der Waals surface area contributed by atoms with Crippen LogP contribution in [0, 0.1) is 6.92 Å². The van der Waals surface area contributed by atoms with Crippen molar-refractivity contribution in [2.24, 2.45) is 0 Å². The van der Waals surface area contributed by atoms with Gasteiger partial charge in [-0.15, -0.1) is 0 Å². The number of carboxylic acid groups (broad SMARTS) is 1. The number of rotatable bonds is 8. The average molecular weight is 547 g/mol. The first-order valence-electron chi connectivity index (χ1n) is 14.0. The average Bonchev–Trinajstić information content (AvgIpc) is 2.97. The Labute approximate surface area is 245 Å². The summed E-state index contributed by atoms with van der Waals surface area (Å²) in [6.45, 7) is 17.1. The van der Waals surface area contributed by atoms with Crippen molar-refractivity contribution >= 4 is 22.9 Å². The number of aromatic carboxylic acids is 1. The summed E-state index contributed by atoms with van der Waals surface area (Å²) < 4.78 is 0. The number of hydrogen-bond donors (Lipinski definition) is 3. The lowest BCUT2D eigenvalue weighted by Crippen LogP contribution is -2.16. The Morgan fingerprint density at radius 2 is 1.54 bits per heavy atom. The van der Waals surface area contributed by atoms with Crippen molar-refractivity contribution in [2.45, 2.75) is 54.0 Å². The van der Waals surface area contributed by atoms with Gasteiger partial charge in [-0.05, 0) is 110 Å². The summed E-state index contributed by atoms with van der Waals surface area (Å²) in [6, 6.07) is 29.7. The Morgan fingerprint density at radius 3 is 2.12 bits per heavy atom. The predicted molar refractivity (Wildman–Crippen MR) is 175 cm³/mol. The van der Waals surface area contributed by atoms with Crippen molar-refractivity contribution in [3.05, 3.63) is 137 Å². The van der Waals surface area contributed by atoms with Crippen LogP contribution in [0.1, 0.15) is 78.8 Å². The topological polar surface area (TPSA) is 75.3 Å². The zero-order chi connectivity index (χ0) is 30.1. The maximum absolute atomic E-state index is 11.1. The highest BCUT2D eigenvalue weighted by Gasteiger charge is 2.11. The van der Waals surface area contributed by atoms with Crippen LogP contribution in [-0.2, 0) is 6.42 Å². The Morgan fingerprint density at radius 1 is 0.902 bits per heavy atom. The lowest BCUT2D eigenvalue weighted by atomic mass is 9.95. The molecule has 0 aromatic heterocycles. The smallest absolute Gasteiger partial charge is 0.336 e. The summed E-state index contributed by atoms with van der Waals surface area (Å²) in [7, 11) is 0. The van der Waals surface area contributed by atoms with E-state index in [1.165, 1.54) is 33.4 Å². The number of nitrogens with one attached hydrogen (secondary N) is 1. The van der Waals surface area contributed by atoms with Gasteiger partial charge in [0.1, 0.15) is 0 Å². The van der Waals surface area contributed by atoms with E-state index >= 15 is 0 Å². The van der Waals surface area contributed by atoms with E-state index in [0.717, 1.165) is 34.5 Å². The predicted octanol–water partition coefficient (Wildman–Crippen LogP) is 9.33. The van der Waals surface area contributed by atoms with Crippen LogP contribution in [0.2, 0.25) is 0 Å². The van der Waals surface area contributed by atoms with E-state index in [-0.39, 0.29) is 6.04 Å². The van der Waals surface area contributed by atoms with Crippen LogP contribution in [0.15, 0.2) is 103 Å². The van der Waals surface area contributed by atoms with Gasteiger partial charge in [0.25, 0.3) is 0 Å². The first-order chi connectivity index (χ1) is 19.5. The molecular weight excluding hydrogens is 504 g/mol. The van der Waals surface area contributed by atoms with Gasteiger partial charge in [0.15, 0.2) is 0 Å². The van der Waals surface area contributed by atoms with Gasteiger partial charge < -0.3 is 16.2 Å². The summed E-state index contributed by atoms with van der Waals surface area (Å²) in [4.78, 5) is 11.1. The second-order valence-corrected chi connectivity index (χ2v) is 10.6. The molecule has 4 nitrogen and oxygen atoms in total. The third-order valence-corrected chi connectivity index (χ3v) is 7.40. The largest absolute Gasteiger partial charge is 0.478 e. The van der Waals surface area contributed by atoms with E-state index in [1.807, 2.05) is 60.7 Å². The maximum Gasteiger partial charge on any atom is 0.336 e. The molecule has 0 amide bonds. The third kappa shape index (κ3) is 8.21. The highest BCUT2D eigenvalue weighted by Crippen LogP contribution is 2.27. The molecule has 0 aliphatic heterocycles. The van der Waals surface area contributed by atoms with Crippen molar-refractivity contribution in [1.82, 2.24) is 5.32 Å². The summed E-state index contributed by atoms with van der Waals surface area (Å²) in [5.41, 5.74) is 18.3. The molecule has 0 unspecified atom stereocenters. The molecule has 0 saturated carbocycles. The van der Waals surface area contributed by atoms with Crippen LogP contribution < -0.4 is 11.1 Å². The number of allylic oxidation sites excluding steroid dienone is 2. The molecule has 4 N–H and O–H groups in total. The normalized spacial score (nSPS) is 11.1. The molecule has 212 valence electrons. The number of carbonyl (C=O) groups is 1. The van der Waals surface area contributed by atoms with Gasteiger partial charge in [-0.2, -0.15) is 0 Å². The van der Waals surface area contributed by atoms with Gasteiger partial charge in [0, 0.05) is 17.4 Å². The Bertz CT molecular complexity index is 1530. The zero-order valence-corrected chi connectivity index (χ0v) is 25.1. The quantitative estimate of drug-likeness (QED) is 0.192. The number of anilines is 1. The minimum Gasteiger partial charge on any atom is -0.478 e. The van der Waals surface area contributed by atoms with E-state index in [1.54, 1.807) is 12.1 Å². The SMILES string of the molecule is C=C(N[C@@H](C)c1ccc(N)cc1)c1ccc(C)c(C(C)=C(C)C)c1.CCc1ccc(-c2ccccc2C(=O)O)cc1. The fraction of sp³-hybridized carbons (Fsp3) is 0.216. The summed E-state index contributed by atoms with van der Waals surface area (Å²) in [6.07, 6.45) is 0.987. The van der Waals surface area contributed by atoms with E-state index in [0.29, 0.717) is 5.56 Å².